The molecule has 3 nitrogen and oxygen atoms in total. The van der Waals surface area contributed by atoms with Crippen LogP contribution in [-0.4, -0.2) is 22.4 Å². The lowest BCUT2D eigenvalue weighted by molar-refractivity contribution is 0.00120. The lowest BCUT2D eigenvalue weighted by Crippen LogP contribution is -2.32. The molecule has 1 aromatic carbocycles. The first-order chi connectivity index (χ1) is 8.50. The van der Waals surface area contributed by atoms with Crippen LogP contribution in [0, 0.1) is 6.92 Å². The minimum absolute atomic E-state index is 0.363. The summed E-state index contributed by atoms with van der Waals surface area (Å²) in [6.07, 6.45) is 3.37. The fourth-order valence-corrected chi connectivity index (χ4v) is 2.48. The Morgan fingerprint density at radius 1 is 1.33 bits per heavy atom. The number of hydrogen-bond donors (Lipinski definition) is 2. The highest BCUT2D eigenvalue weighted by molar-refractivity contribution is 5.37. The second-order valence-electron chi connectivity index (χ2n) is 5.42. The first-order valence-corrected chi connectivity index (χ1v) is 6.64. The molecule has 1 atom stereocenters. The molecule has 0 bridgehead atoms. The van der Waals surface area contributed by atoms with E-state index in [1.165, 1.54) is 0 Å². The van der Waals surface area contributed by atoms with Crippen LogP contribution in [0.15, 0.2) is 18.2 Å². The van der Waals surface area contributed by atoms with E-state index in [0.29, 0.717) is 6.61 Å². The summed E-state index contributed by atoms with van der Waals surface area (Å²) < 4.78 is 5.73. The Bertz CT molecular complexity index is 406. The molecule has 1 aromatic rings. The van der Waals surface area contributed by atoms with Crippen molar-refractivity contribution in [2.75, 3.05) is 6.61 Å². The lowest BCUT2D eigenvalue weighted by atomic mass is 10.0. The van der Waals surface area contributed by atoms with Gasteiger partial charge in [0.2, 0.25) is 0 Å². The summed E-state index contributed by atoms with van der Waals surface area (Å²) >= 11 is 0. The van der Waals surface area contributed by atoms with E-state index in [0.717, 1.165) is 42.6 Å². The Hall–Kier alpha value is -1.06. The number of hydrogen-bond acceptors (Lipinski definition) is 3. The van der Waals surface area contributed by atoms with Gasteiger partial charge >= 0.3 is 0 Å². The fourth-order valence-electron chi connectivity index (χ4n) is 2.48. The number of aliphatic hydroxyl groups excluding tert-OH is 1. The Morgan fingerprint density at radius 3 is 2.56 bits per heavy atom. The Kier molecular flexibility index (Phi) is 3.93. The van der Waals surface area contributed by atoms with E-state index in [9.17, 15) is 10.2 Å². The highest BCUT2D eigenvalue weighted by Crippen LogP contribution is 2.31. The van der Waals surface area contributed by atoms with Crippen LogP contribution in [0.25, 0.3) is 0 Å². The molecule has 0 saturated heterocycles. The molecule has 0 aromatic heterocycles. The summed E-state index contributed by atoms with van der Waals surface area (Å²) in [6.45, 7) is 4.07. The van der Waals surface area contributed by atoms with Gasteiger partial charge in [-0.2, -0.15) is 0 Å². The quantitative estimate of drug-likeness (QED) is 0.864. The summed E-state index contributed by atoms with van der Waals surface area (Å²) in [5.74, 6) is 0.791. The molecule has 1 unspecified atom stereocenters. The summed E-state index contributed by atoms with van der Waals surface area (Å²) in [6, 6.07) is 5.67. The van der Waals surface area contributed by atoms with Gasteiger partial charge in [-0.05, 0) is 49.9 Å². The summed E-state index contributed by atoms with van der Waals surface area (Å²) in [4.78, 5) is 0. The van der Waals surface area contributed by atoms with Crippen molar-refractivity contribution in [3.63, 3.8) is 0 Å². The first-order valence-electron chi connectivity index (χ1n) is 6.64. The van der Waals surface area contributed by atoms with Gasteiger partial charge in [0, 0.05) is 0 Å². The van der Waals surface area contributed by atoms with Gasteiger partial charge in [-0.3, -0.25) is 0 Å². The van der Waals surface area contributed by atoms with Gasteiger partial charge in [0.1, 0.15) is 12.4 Å². The maximum Gasteiger partial charge on any atom is 0.122 e. The predicted molar refractivity (Wildman–Crippen MR) is 70.7 cm³/mol. The largest absolute Gasteiger partial charge is 0.490 e. The highest BCUT2D eigenvalue weighted by atomic mass is 16.5. The van der Waals surface area contributed by atoms with E-state index >= 15 is 0 Å². The molecular formula is C15H22O3. The molecule has 0 radical (unpaired) electrons. The van der Waals surface area contributed by atoms with Crippen molar-refractivity contribution in [3.8, 4) is 5.75 Å². The van der Waals surface area contributed by atoms with E-state index in [4.69, 9.17) is 4.74 Å². The SMILES string of the molecule is Cc1cc(C(C)O)ccc1OCC1(O)CCCC1. The Morgan fingerprint density at radius 2 is 2.00 bits per heavy atom. The topological polar surface area (TPSA) is 49.7 Å². The maximum atomic E-state index is 10.2. The van der Waals surface area contributed by atoms with Crippen molar-refractivity contribution in [2.24, 2.45) is 0 Å². The number of aliphatic hydroxyl groups is 2. The van der Waals surface area contributed by atoms with Gasteiger partial charge in [-0.15, -0.1) is 0 Å². The van der Waals surface area contributed by atoms with E-state index in [-0.39, 0.29) is 0 Å². The number of rotatable bonds is 4. The van der Waals surface area contributed by atoms with E-state index in [1.807, 2.05) is 25.1 Å². The van der Waals surface area contributed by atoms with Crippen molar-refractivity contribution in [3.05, 3.63) is 29.3 Å². The molecule has 0 aliphatic heterocycles. The molecule has 100 valence electrons. The first kappa shape index (κ1) is 13.4. The van der Waals surface area contributed by atoms with Gasteiger partial charge < -0.3 is 14.9 Å². The monoisotopic (exact) mass is 250 g/mol. The Balaban J connectivity index is 2.01. The molecule has 0 heterocycles. The summed E-state index contributed by atoms with van der Waals surface area (Å²) in [5.41, 5.74) is 1.24. The van der Waals surface area contributed by atoms with Gasteiger partial charge in [0.25, 0.3) is 0 Å². The third kappa shape index (κ3) is 3.03. The molecule has 18 heavy (non-hydrogen) atoms. The zero-order chi connectivity index (χ0) is 13.2. The van der Waals surface area contributed by atoms with Crippen LogP contribution < -0.4 is 4.74 Å². The molecule has 1 fully saturated rings. The van der Waals surface area contributed by atoms with Crippen LogP contribution >= 0.6 is 0 Å². The molecular weight excluding hydrogens is 228 g/mol. The molecule has 0 spiro atoms. The van der Waals surface area contributed by atoms with Gasteiger partial charge in [0.15, 0.2) is 0 Å². The third-order valence-electron chi connectivity index (χ3n) is 3.71. The number of ether oxygens (including phenoxy) is 1. The zero-order valence-electron chi connectivity index (χ0n) is 11.1. The van der Waals surface area contributed by atoms with Crippen LogP contribution in [-0.2, 0) is 0 Å². The average Bonchev–Trinajstić information content (AvgIpc) is 2.75. The van der Waals surface area contributed by atoms with Crippen LogP contribution in [0.1, 0.15) is 49.8 Å². The predicted octanol–water partition coefficient (Wildman–Crippen LogP) is 2.73. The normalized spacial score (nSPS) is 19.8. The number of aryl methyl sites for hydroxylation is 1. The molecule has 0 amide bonds. The second kappa shape index (κ2) is 5.29. The summed E-state index contributed by atoms with van der Waals surface area (Å²) in [5, 5.41) is 19.7. The maximum absolute atomic E-state index is 10.2. The molecule has 1 aliphatic carbocycles. The zero-order valence-corrected chi connectivity index (χ0v) is 11.1. The van der Waals surface area contributed by atoms with Crippen molar-refractivity contribution < 1.29 is 14.9 Å². The van der Waals surface area contributed by atoms with E-state index in [1.54, 1.807) is 6.92 Å². The minimum atomic E-state index is -0.643. The standard InChI is InChI=1S/C15H22O3/c1-11-9-13(12(2)16)5-6-14(11)18-10-15(17)7-3-4-8-15/h5-6,9,12,16-17H,3-4,7-8,10H2,1-2H3. The van der Waals surface area contributed by atoms with Crippen LogP contribution in [0.3, 0.4) is 0 Å². The van der Waals surface area contributed by atoms with Crippen LogP contribution in [0.2, 0.25) is 0 Å². The number of benzene rings is 1. The smallest absolute Gasteiger partial charge is 0.122 e. The minimum Gasteiger partial charge on any atom is -0.490 e. The molecule has 1 aliphatic rings. The highest BCUT2D eigenvalue weighted by Gasteiger charge is 2.32. The lowest BCUT2D eigenvalue weighted by Gasteiger charge is -2.23. The molecule has 2 rings (SSSR count). The van der Waals surface area contributed by atoms with Crippen molar-refractivity contribution in [1.29, 1.82) is 0 Å². The van der Waals surface area contributed by atoms with Gasteiger partial charge in [0.05, 0.1) is 11.7 Å². The van der Waals surface area contributed by atoms with Crippen molar-refractivity contribution >= 4 is 0 Å². The van der Waals surface area contributed by atoms with Crippen LogP contribution in [0.5, 0.6) is 5.75 Å². The third-order valence-corrected chi connectivity index (χ3v) is 3.71. The van der Waals surface area contributed by atoms with Gasteiger partial charge in [-0.25, -0.2) is 0 Å². The van der Waals surface area contributed by atoms with Crippen molar-refractivity contribution in [2.45, 2.75) is 51.2 Å². The van der Waals surface area contributed by atoms with E-state index in [2.05, 4.69) is 0 Å². The molecule has 1 saturated carbocycles. The van der Waals surface area contributed by atoms with E-state index < -0.39 is 11.7 Å². The molecule has 2 N–H and O–H groups in total. The fraction of sp³-hybridized carbons (Fsp3) is 0.600. The van der Waals surface area contributed by atoms with Gasteiger partial charge in [-0.1, -0.05) is 18.9 Å². The average molecular weight is 250 g/mol. The molecule has 3 heteroatoms. The second-order valence-corrected chi connectivity index (χ2v) is 5.42. The summed E-state index contributed by atoms with van der Waals surface area (Å²) in [7, 11) is 0. The van der Waals surface area contributed by atoms with Crippen molar-refractivity contribution in [1.82, 2.24) is 0 Å². The van der Waals surface area contributed by atoms with Crippen LogP contribution in [0.4, 0.5) is 0 Å². The Labute approximate surface area is 108 Å².